The Balaban J connectivity index is 1.32. The van der Waals surface area contributed by atoms with E-state index < -0.39 is 63.8 Å². The second-order valence-corrected chi connectivity index (χ2v) is 13.1. The summed E-state index contributed by atoms with van der Waals surface area (Å²) in [7, 11) is 1.20. The summed E-state index contributed by atoms with van der Waals surface area (Å²) in [5.41, 5.74) is 1.58. The highest BCUT2D eigenvalue weighted by Gasteiger charge is 2.54. The lowest BCUT2D eigenvalue weighted by atomic mass is 10.0. The molecule has 0 aliphatic carbocycles. The van der Waals surface area contributed by atoms with E-state index in [2.05, 4.69) is 41.3 Å². The number of aliphatic carboxylic acids is 2. The summed E-state index contributed by atoms with van der Waals surface area (Å²) in [6.07, 6.45) is -4.16. The molecule has 3 amide bonds. The van der Waals surface area contributed by atoms with E-state index in [1.54, 1.807) is 35.6 Å². The Hall–Kier alpha value is -5.53. The van der Waals surface area contributed by atoms with Crippen LogP contribution in [0.4, 0.5) is 18.3 Å². The molecule has 1 aromatic carbocycles. The first-order valence-electron chi connectivity index (χ1n) is 14.2. The zero-order valence-electron chi connectivity index (χ0n) is 26.1. The van der Waals surface area contributed by atoms with E-state index >= 15 is 0 Å². The fourth-order valence-electron chi connectivity index (χ4n) is 4.43. The van der Waals surface area contributed by atoms with Gasteiger partial charge in [0.15, 0.2) is 16.5 Å². The summed E-state index contributed by atoms with van der Waals surface area (Å²) >= 11 is 2.68. The summed E-state index contributed by atoms with van der Waals surface area (Å²) in [5.74, 6) is -6.82. The molecule has 2 aliphatic heterocycles. The van der Waals surface area contributed by atoms with Crippen molar-refractivity contribution in [2.24, 2.45) is 5.16 Å². The van der Waals surface area contributed by atoms with Crippen molar-refractivity contribution in [3.8, 4) is 0 Å². The van der Waals surface area contributed by atoms with E-state index in [1.165, 1.54) is 7.11 Å². The van der Waals surface area contributed by atoms with Gasteiger partial charge in [-0.05, 0) is 21.6 Å². The van der Waals surface area contributed by atoms with Gasteiger partial charge in [0.05, 0.1) is 13.3 Å². The molecule has 3 aromatic rings. The minimum atomic E-state index is -5.20. The molecule has 25 heteroatoms. The van der Waals surface area contributed by atoms with E-state index in [9.17, 15) is 47.4 Å². The molecule has 2 aliphatic rings. The fraction of sp³-hybridized carbons (Fsp3) is 0.259. The van der Waals surface area contributed by atoms with Gasteiger partial charge in [-0.1, -0.05) is 47.2 Å². The molecule has 52 heavy (non-hydrogen) atoms. The Bertz CT molecular complexity index is 1970. The first-order valence-corrected chi connectivity index (χ1v) is 17.1. The van der Waals surface area contributed by atoms with Crippen LogP contribution in [0.25, 0.3) is 6.20 Å². The van der Waals surface area contributed by atoms with Crippen LogP contribution >= 0.6 is 34.9 Å². The molecule has 274 valence electrons. The third-order valence-corrected chi connectivity index (χ3v) is 9.86. The summed E-state index contributed by atoms with van der Waals surface area (Å²) in [5, 5.41) is 38.2. The highest BCUT2D eigenvalue weighted by molar-refractivity contribution is 8.01. The number of tetrazole rings is 1. The molecule has 4 heterocycles. The number of aromatic nitrogens is 5. The topological polar surface area (TPSA) is 252 Å². The third-order valence-electron chi connectivity index (χ3n) is 6.74. The number of carbonyl (C=O) groups is 5. The molecule has 0 saturated carbocycles. The quantitative estimate of drug-likeness (QED) is 0.0476. The van der Waals surface area contributed by atoms with Gasteiger partial charge in [0.25, 0.3) is 11.8 Å². The molecule has 1 unspecified atom stereocenters. The maximum Gasteiger partial charge on any atom is 0.471 e. The zero-order chi connectivity index (χ0) is 37.6. The molecule has 0 bridgehead atoms. The number of nitrogens with one attached hydrogen (secondary N) is 3. The minimum Gasteiger partial charge on any atom is -0.477 e. The van der Waals surface area contributed by atoms with Crippen LogP contribution < -0.4 is 16.1 Å². The molecular weight excluding hydrogens is 762 g/mol. The van der Waals surface area contributed by atoms with Gasteiger partial charge >= 0.3 is 24.0 Å². The Labute approximate surface area is 301 Å². The van der Waals surface area contributed by atoms with Crippen molar-refractivity contribution in [2.45, 2.75) is 29.4 Å². The molecular formula is C27H23F3N10O9S3. The van der Waals surface area contributed by atoms with Crippen molar-refractivity contribution >= 4 is 81.6 Å². The van der Waals surface area contributed by atoms with Crippen molar-refractivity contribution in [3.05, 3.63) is 63.9 Å². The number of alkyl halides is 3. The van der Waals surface area contributed by atoms with Gasteiger partial charge in [-0.25, -0.2) is 14.6 Å². The molecule has 1 fully saturated rings. The van der Waals surface area contributed by atoms with Gasteiger partial charge < -0.3 is 20.4 Å². The second-order valence-electron chi connectivity index (χ2n) is 10.2. The molecule has 5 N–H and O–H groups in total. The zero-order valence-corrected chi connectivity index (χ0v) is 28.5. The number of hydrogen-bond donors (Lipinski definition) is 5. The number of oxime groups is 1. The number of benzene rings is 1. The number of thiazole rings is 1. The van der Waals surface area contributed by atoms with Crippen LogP contribution in [0.3, 0.4) is 0 Å². The van der Waals surface area contributed by atoms with Gasteiger partial charge in [-0.2, -0.15) is 17.9 Å². The van der Waals surface area contributed by atoms with Gasteiger partial charge in [-0.15, -0.1) is 28.2 Å². The highest BCUT2D eigenvalue weighted by atomic mass is 32.2. The molecule has 2 aromatic heterocycles. The van der Waals surface area contributed by atoms with Gasteiger partial charge in [-0.3, -0.25) is 34.9 Å². The number of thioether (sulfide) groups is 2. The Morgan fingerprint density at radius 1 is 1.19 bits per heavy atom. The Morgan fingerprint density at radius 3 is 2.62 bits per heavy atom. The summed E-state index contributed by atoms with van der Waals surface area (Å²) < 4.78 is 39.4. The number of hydroxylamine groups is 1. The molecule has 2 atom stereocenters. The molecule has 0 radical (unpaired) electrons. The highest BCUT2D eigenvalue weighted by Crippen LogP contribution is 2.41. The van der Waals surface area contributed by atoms with E-state index in [4.69, 9.17) is 4.84 Å². The smallest absolute Gasteiger partial charge is 0.471 e. The maximum atomic E-state index is 13.5. The van der Waals surface area contributed by atoms with E-state index in [1.807, 2.05) is 0 Å². The predicted molar refractivity (Wildman–Crippen MR) is 175 cm³/mol. The number of carboxylic acids is 2. The number of carbonyl (C=O) groups excluding carboxylic acids is 3. The number of nitrogens with zero attached hydrogens (tertiary/aromatic N) is 7. The van der Waals surface area contributed by atoms with E-state index in [0.717, 1.165) is 44.7 Å². The van der Waals surface area contributed by atoms with Crippen molar-refractivity contribution in [1.29, 1.82) is 0 Å². The summed E-state index contributed by atoms with van der Waals surface area (Å²) in [6, 6.07) is 7.39. The maximum absolute atomic E-state index is 13.5. The number of β-lactam (4-membered cyclic amide) rings is 1. The third kappa shape index (κ3) is 8.67. The number of anilines is 1. The second kappa shape index (κ2) is 16.2. The average Bonchev–Trinajstić information content (AvgIpc) is 3.76. The lowest BCUT2D eigenvalue weighted by molar-refractivity contribution is -0.167. The van der Waals surface area contributed by atoms with E-state index in [0.29, 0.717) is 22.5 Å². The van der Waals surface area contributed by atoms with Crippen molar-refractivity contribution in [1.82, 2.24) is 40.9 Å². The van der Waals surface area contributed by atoms with Gasteiger partial charge in [0, 0.05) is 16.9 Å². The van der Waals surface area contributed by atoms with Crippen LogP contribution in [0.5, 0.6) is 0 Å². The largest absolute Gasteiger partial charge is 0.477 e. The van der Waals surface area contributed by atoms with Crippen molar-refractivity contribution in [2.75, 3.05) is 23.9 Å². The summed E-state index contributed by atoms with van der Waals surface area (Å²) in [6.45, 7) is -0.116. The number of rotatable bonds is 15. The standard InChI is InChI=1S/C27H23F3N10O9S3/c1-48-35-14(22(43)44)7-39-26(34-37-38-39)52-10-13-9-50-21-17(20(42)40(21)18(13)23(45)46)32-19(41)16(36-49-8-12-5-3-2-4-6-12)15-11-51-25(31-15)33-24(47)27(28,29)30/h2-7,11,17,21,35H,8-10H2,1H3,(H,32,41)(H,43,44)(H,45,46)(H,31,33,47)/t17?,21-/m0/s1. The minimum absolute atomic E-state index is 0.0247. The lowest BCUT2D eigenvalue weighted by Gasteiger charge is -2.49. The van der Waals surface area contributed by atoms with Crippen LogP contribution in [0, 0.1) is 0 Å². The fourth-order valence-corrected chi connectivity index (χ4v) is 7.46. The number of amides is 3. The predicted octanol–water partition coefficient (Wildman–Crippen LogP) is 1.12. The van der Waals surface area contributed by atoms with Crippen LogP contribution in [0.15, 0.2) is 63.0 Å². The Kier molecular flexibility index (Phi) is 11.8. The number of halogens is 3. The number of hydrogen-bond acceptors (Lipinski definition) is 16. The monoisotopic (exact) mass is 784 g/mol. The van der Waals surface area contributed by atoms with Gasteiger partial charge in [0.1, 0.15) is 29.4 Å². The first-order chi connectivity index (χ1) is 24.8. The summed E-state index contributed by atoms with van der Waals surface area (Å²) in [4.78, 5) is 76.8. The lowest BCUT2D eigenvalue weighted by Crippen LogP contribution is -2.71. The normalized spacial score (nSPS) is 17.6. The van der Waals surface area contributed by atoms with Gasteiger partial charge in [0.2, 0.25) is 5.16 Å². The molecule has 0 spiro atoms. The average molecular weight is 785 g/mol. The van der Waals surface area contributed by atoms with E-state index in [-0.39, 0.29) is 34.7 Å². The van der Waals surface area contributed by atoms with Crippen molar-refractivity contribution in [3.63, 3.8) is 0 Å². The molecule has 1 saturated heterocycles. The number of carboxylic acid groups (broad SMARTS) is 2. The van der Waals surface area contributed by atoms with Crippen LogP contribution in [0.2, 0.25) is 0 Å². The van der Waals surface area contributed by atoms with Crippen molar-refractivity contribution < 1.29 is 57.0 Å². The van der Waals surface area contributed by atoms with Crippen LogP contribution in [-0.2, 0) is 40.3 Å². The Morgan fingerprint density at radius 2 is 1.94 bits per heavy atom. The van der Waals surface area contributed by atoms with Crippen LogP contribution in [-0.4, -0.2) is 112 Å². The van der Waals surface area contributed by atoms with Crippen LogP contribution in [0.1, 0.15) is 11.3 Å². The first kappa shape index (κ1) is 37.7. The molecule has 5 rings (SSSR count). The molecule has 19 nitrogen and oxygen atoms in total. The number of fused-ring (bicyclic) bond motifs is 1. The SMILES string of the molecule is CONC(=Cn1nnnc1SCC1=C(C(=O)O)N2C(=O)C(NC(=O)C(=NOCc3ccccc3)c3csc(NC(=O)C(F)(F)F)n3)[C@@H]2SC1)C(=O)O.